The van der Waals surface area contributed by atoms with Gasteiger partial charge in [0.25, 0.3) is 0 Å². The first-order valence-corrected chi connectivity index (χ1v) is 6.36. The van der Waals surface area contributed by atoms with Gasteiger partial charge in [-0.15, -0.1) is 0 Å². The van der Waals surface area contributed by atoms with Crippen LogP contribution in [0.4, 0.5) is 0 Å². The number of methoxy groups -OCH3 is 1. The summed E-state index contributed by atoms with van der Waals surface area (Å²) >= 11 is 0. The van der Waals surface area contributed by atoms with Gasteiger partial charge in [0.15, 0.2) is 5.96 Å². The first kappa shape index (κ1) is 13.9. The molecule has 1 aromatic rings. The van der Waals surface area contributed by atoms with Gasteiger partial charge >= 0.3 is 0 Å². The van der Waals surface area contributed by atoms with E-state index in [1.807, 2.05) is 6.07 Å². The maximum Gasteiger partial charge on any atom is 0.218 e. The Kier molecular flexibility index (Phi) is 4.24. The van der Waals surface area contributed by atoms with Gasteiger partial charge in [0, 0.05) is 6.54 Å². The average Bonchev–Trinajstić information content (AvgIpc) is 2.80. The Labute approximate surface area is 118 Å². The minimum Gasteiger partial charge on any atom is -0.497 e. The monoisotopic (exact) mass is 273 g/mol. The highest BCUT2D eigenvalue weighted by Gasteiger charge is 2.14. The van der Waals surface area contributed by atoms with E-state index in [4.69, 9.17) is 21.9 Å². The summed E-state index contributed by atoms with van der Waals surface area (Å²) in [5.41, 5.74) is 19.8. The number of nitrogens with zero attached hydrogens (tertiary/aromatic N) is 2. The van der Waals surface area contributed by atoms with Gasteiger partial charge in [-0.05, 0) is 41.7 Å². The van der Waals surface area contributed by atoms with E-state index in [2.05, 4.69) is 28.2 Å². The summed E-state index contributed by atoms with van der Waals surface area (Å²) in [5.74, 6) is 0.885. The second kappa shape index (κ2) is 6.10. The molecule has 1 aliphatic rings. The molecular weight excluding hydrogens is 254 g/mol. The van der Waals surface area contributed by atoms with Crippen molar-refractivity contribution in [1.82, 2.24) is 0 Å². The fourth-order valence-corrected chi connectivity index (χ4v) is 2.20. The number of benzene rings is 1. The van der Waals surface area contributed by atoms with Crippen molar-refractivity contribution < 1.29 is 4.74 Å². The number of hydrogen-bond donors (Lipinski definition) is 3. The molecule has 0 atom stereocenters. The zero-order valence-corrected chi connectivity index (χ0v) is 11.5. The highest BCUT2D eigenvalue weighted by Crippen LogP contribution is 2.32. The zero-order valence-electron chi connectivity index (χ0n) is 11.5. The van der Waals surface area contributed by atoms with Crippen molar-refractivity contribution >= 4 is 17.5 Å². The molecule has 0 saturated carbocycles. The predicted octanol–water partition coefficient (Wildman–Crippen LogP) is 0.613. The van der Waals surface area contributed by atoms with Gasteiger partial charge in [0.2, 0.25) is 5.96 Å². The molecule has 0 amide bonds. The van der Waals surface area contributed by atoms with E-state index < -0.39 is 0 Å². The summed E-state index contributed by atoms with van der Waals surface area (Å²) in [6.07, 6.45) is 3.94. The maximum atomic E-state index is 5.56. The van der Waals surface area contributed by atoms with Crippen LogP contribution in [0.2, 0.25) is 0 Å². The van der Waals surface area contributed by atoms with Crippen LogP contribution in [0, 0.1) is 0 Å². The van der Waals surface area contributed by atoms with E-state index in [0.717, 1.165) is 18.6 Å². The fourth-order valence-electron chi connectivity index (χ4n) is 2.20. The van der Waals surface area contributed by atoms with Crippen LogP contribution < -0.4 is 21.9 Å². The molecule has 0 spiro atoms. The van der Waals surface area contributed by atoms with E-state index in [0.29, 0.717) is 6.54 Å². The van der Waals surface area contributed by atoms with Gasteiger partial charge in [-0.1, -0.05) is 12.1 Å². The first-order chi connectivity index (χ1) is 9.60. The largest absolute Gasteiger partial charge is 0.497 e. The third kappa shape index (κ3) is 3.28. The van der Waals surface area contributed by atoms with Crippen molar-refractivity contribution in [1.29, 1.82) is 0 Å². The van der Waals surface area contributed by atoms with Crippen LogP contribution >= 0.6 is 0 Å². The van der Waals surface area contributed by atoms with Crippen LogP contribution in [0.1, 0.15) is 17.5 Å². The Balaban J connectivity index is 2.02. The molecule has 0 heterocycles. The van der Waals surface area contributed by atoms with Crippen LogP contribution in [0.5, 0.6) is 5.75 Å². The lowest BCUT2D eigenvalue weighted by Gasteiger charge is -2.07. The molecular formula is C14H19N5O. The Morgan fingerprint density at radius 3 is 2.80 bits per heavy atom. The van der Waals surface area contributed by atoms with Crippen LogP contribution in [-0.2, 0) is 6.42 Å². The molecule has 6 heteroatoms. The van der Waals surface area contributed by atoms with Gasteiger partial charge in [-0.3, -0.25) is 4.99 Å². The Bertz CT molecular complexity index is 585. The van der Waals surface area contributed by atoms with E-state index >= 15 is 0 Å². The molecule has 106 valence electrons. The van der Waals surface area contributed by atoms with E-state index in [1.54, 1.807) is 7.11 Å². The normalized spacial score (nSPS) is 13.7. The van der Waals surface area contributed by atoms with Crippen molar-refractivity contribution in [2.45, 2.75) is 12.8 Å². The third-order valence-electron chi connectivity index (χ3n) is 3.13. The van der Waals surface area contributed by atoms with Crippen molar-refractivity contribution in [3.63, 3.8) is 0 Å². The summed E-state index contributed by atoms with van der Waals surface area (Å²) in [7, 11) is 1.67. The highest BCUT2D eigenvalue weighted by atomic mass is 16.5. The molecule has 1 aromatic carbocycles. The lowest BCUT2D eigenvalue weighted by atomic mass is 10.0. The number of hydrogen-bond acceptors (Lipinski definition) is 2. The fraction of sp³-hybridized carbons (Fsp3) is 0.286. The minimum atomic E-state index is -0.0820. The van der Waals surface area contributed by atoms with Gasteiger partial charge < -0.3 is 21.9 Å². The molecule has 0 unspecified atom stereocenters. The number of guanidine groups is 2. The quantitative estimate of drug-likeness (QED) is 0.551. The van der Waals surface area contributed by atoms with Crippen molar-refractivity contribution in [3.05, 3.63) is 35.4 Å². The molecule has 0 aliphatic heterocycles. The Hall–Kier alpha value is -2.50. The molecule has 0 fully saturated rings. The van der Waals surface area contributed by atoms with Gasteiger partial charge in [-0.2, -0.15) is 4.99 Å². The van der Waals surface area contributed by atoms with Gasteiger partial charge in [-0.25, -0.2) is 0 Å². The van der Waals surface area contributed by atoms with E-state index in [9.17, 15) is 0 Å². The molecule has 0 bridgehead atoms. The topological polar surface area (TPSA) is 112 Å². The molecule has 0 radical (unpaired) electrons. The predicted molar refractivity (Wildman–Crippen MR) is 81.6 cm³/mol. The number of fused-ring (bicyclic) bond motifs is 1. The lowest BCUT2D eigenvalue weighted by Crippen LogP contribution is -2.26. The van der Waals surface area contributed by atoms with Crippen LogP contribution in [-0.4, -0.2) is 25.6 Å². The molecule has 2 rings (SSSR count). The minimum absolute atomic E-state index is 0.0820. The second-order valence-corrected chi connectivity index (χ2v) is 4.48. The lowest BCUT2D eigenvalue weighted by molar-refractivity contribution is 0.414. The van der Waals surface area contributed by atoms with Crippen LogP contribution in [0.15, 0.2) is 34.3 Å². The van der Waals surface area contributed by atoms with Crippen molar-refractivity contribution in [3.8, 4) is 5.75 Å². The molecule has 0 aromatic heterocycles. The average molecular weight is 273 g/mol. The van der Waals surface area contributed by atoms with Crippen molar-refractivity contribution in [2.75, 3.05) is 13.7 Å². The van der Waals surface area contributed by atoms with E-state index in [1.165, 1.54) is 16.7 Å². The summed E-state index contributed by atoms with van der Waals surface area (Å²) in [6, 6.07) is 6.12. The SMILES string of the molecule is COc1ccc2c(c1)C(CCN=C(N)N=C(N)N)=CC2. The molecule has 20 heavy (non-hydrogen) atoms. The molecule has 6 N–H and O–H groups in total. The summed E-state index contributed by atoms with van der Waals surface area (Å²) < 4.78 is 5.25. The number of aliphatic imine (C=N–C) groups is 2. The van der Waals surface area contributed by atoms with Gasteiger partial charge in [0.1, 0.15) is 5.75 Å². The first-order valence-electron chi connectivity index (χ1n) is 6.36. The highest BCUT2D eigenvalue weighted by molar-refractivity contribution is 5.92. The summed E-state index contributed by atoms with van der Waals surface area (Å²) in [5, 5.41) is 0. The maximum absolute atomic E-state index is 5.56. The van der Waals surface area contributed by atoms with Crippen LogP contribution in [0.25, 0.3) is 5.57 Å². The van der Waals surface area contributed by atoms with Crippen LogP contribution in [0.3, 0.4) is 0 Å². The van der Waals surface area contributed by atoms with Crippen molar-refractivity contribution in [2.24, 2.45) is 27.2 Å². The summed E-state index contributed by atoms with van der Waals surface area (Å²) in [6.45, 7) is 0.547. The molecule has 6 nitrogen and oxygen atoms in total. The number of rotatable bonds is 4. The van der Waals surface area contributed by atoms with E-state index in [-0.39, 0.29) is 11.9 Å². The second-order valence-electron chi connectivity index (χ2n) is 4.48. The third-order valence-corrected chi connectivity index (χ3v) is 3.13. The molecule has 0 saturated heterocycles. The number of nitrogens with two attached hydrogens (primary N) is 3. The smallest absolute Gasteiger partial charge is 0.218 e. The number of ether oxygens (including phenoxy) is 1. The number of allylic oxidation sites excluding steroid dienone is 1. The summed E-state index contributed by atoms with van der Waals surface area (Å²) in [4.78, 5) is 7.79. The molecule has 1 aliphatic carbocycles. The Morgan fingerprint density at radius 2 is 2.10 bits per heavy atom. The van der Waals surface area contributed by atoms with Gasteiger partial charge in [0.05, 0.1) is 7.11 Å². The Morgan fingerprint density at radius 1 is 1.30 bits per heavy atom. The zero-order chi connectivity index (χ0) is 14.5. The standard InChI is InChI=1S/C14H19N5O/c1-20-11-5-4-9-2-3-10(12(9)8-11)6-7-18-14(17)19-13(15)16/h3-5,8H,2,6-7H2,1H3,(H6,15,16,17,18,19).